The largest absolute Gasteiger partial charge is 0.512 e. The number of carbonyl (C=O) groups is 3. The monoisotopic (exact) mass is 418 g/mol. The SMILES string of the molecule is C=C(C)COc1ccccc1C(/C(C(=O)OCC)=C(/C)O)C(C(C)=O)C(=O)OCC. The van der Waals surface area contributed by atoms with Gasteiger partial charge in [0.1, 0.15) is 29.8 Å². The highest BCUT2D eigenvalue weighted by atomic mass is 16.5. The maximum Gasteiger partial charge on any atom is 0.338 e. The highest BCUT2D eigenvalue weighted by Crippen LogP contribution is 2.40. The first-order chi connectivity index (χ1) is 14.1. The number of hydrogen-bond acceptors (Lipinski definition) is 7. The van der Waals surface area contributed by atoms with Gasteiger partial charge in [0, 0.05) is 11.5 Å². The van der Waals surface area contributed by atoms with Crippen molar-refractivity contribution in [3.63, 3.8) is 0 Å². The Morgan fingerprint density at radius 3 is 2.13 bits per heavy atom. The van der Waals surface area contributed by atoms with Crippen molar-refractivity contribution in [3.8, 4) is 5.75 Å². The maximum absolute atomic E-state index is 12.7. The Hall–Kier alpha value is -3.09. The van der Waals surface area contributed by atoms with E-state index in [1.165, 1.54) is 13.8 Å². The van der Waals surface area contributed by atoms with Crippen molar-refractivity contribution in [3.05, 3.63) is 53.3 Å². The molecule has 0 fully saturated rings. The summed E-state index contributed by atoms with van der Waals surface area (Å²) in [5, 5.41) is 10.4. The molecule has 2 unspecified atom stereocenters. The second-order valence-corrected chi connectivity index (χ2v) is 6.82. The lowest BCUT2D eigenvalue weighted by Crippen LogP contribution is -2.34. The highest BCUT2D eigenvalue weighted by molar-refractivity contribution is 6.02. The van der Waals surface area contributed by atoms with E-state index in [1.54, 1.807) is 45.0 Å². The number of Topliss-reactive ketones (excluding diaryl/α,β-unsaturated/α-hetero) is 1. The maximum atomic E-state index is 12.7. The fraction of sp³-hybridized carbons (Fsp3) is 0.435. The number of aliphatic hydroxyl groups excluding tert-OH is 1. The zero-order valence-electron chi connectivity index (χ0n) is 18.2. The van der Waals surface area contributed by atoms with Crippen molar-refractivity contribution in [2.75, 3.05) is 19.8 Å². The van der Waals surface area contributed by atoms with Gasteiger partial charge in [-0.25, -0.2) is 4.79 Å². The highest BCUT2D eigenvalue weighted by Gasteiger charge is 2.42. The summed E-state index contributed by atoms with van der Waals surface area (Å²) in [5.41, 5.74) is 0.939. The van der Waals surface area contributed by atoms with Crippen LogP contribution in [0.1, 0.15) is 46.1 Å². The van der Waals surface area contributed by atoms with Gasteiger partial charge in [-0.2, -0.15) is 0 Å². The fourth-order valence-corrected chi connectivity index (χ4v) is 3.05. The van der Waals surface area contributed by atoms with Gasteiger partial charge in [0.15, 0.2) is 0 Å². The number of benzene rings is 1. The molecule has 0 spiro atoms. The topological polar surface area (TPSA) is 99.1 Å². The number of hydrogen-bond donors (Lipinski definition) is 1. The molecule has 0 saturated carbocycles. The molecule has 164 valence electrons. The lowest BCUT2D eigenvalue weighted by molar-refractivity contribution is -0.152. The molecule has 0 radical (unpaired) electrons. The van der Waals surface area contributed by atoms with Gasteiger partial charge in [-0.1, -0.05) is 24.8 Å². The van der Waals surface area contributed by atoms with Crippen molar-refractivity contribution in [1.29, 1.82) is 0 Å². The van der Waals surface area contributed by atoms with E-state index in [9.17, 15) is 19.5 Å². The van der Waals surface area contributed by atoms with Crippen LogP contribution in [0.2, 0.25) is 0 Å². The average molecular weight is 418 g/mol. The zero-order valence-corrected chi connectivity index (χ0v) is 18.2. The summed E-state index contributed by atoms with van der Waals surface area (Å²) in [5.74, 6) is -4.68. The van der Waals surface area contributed by atoms with E-state index in [2.05, 4.69) is 6.58 Å². The van der Waals surface area contributed by atoms with E-state index in [4.69, 9.17) is 14.2 Å². The van der Waals surface area contributed by atoms with E-state index in [0.717, 1.165) is 5.57 Å². The van der Waals surface area contributed by atoms with Gasteiger partial charge in [0.05, 0.1) is 18.8 Å². The first-order valence-electron chi connectivity index (χ1n) is 9.75. The van der Waals surface area contributed by atoms with Crippen LogP contribution in [0.4, 0.5) is 0 Å². The quantitative estimate of drug-likeness (QED) is 0.191. The minimum absolute atomic E-state index is 0.0553. The Labute approximate surface area is 177 Å². The number of para-hydroxylation sites is 1. The van der Waals surface area contributed by atoms with Crippen molar-refractivity contribution in [2.45, 2.75) is 40.5 Å². The Kier molecular flexibility index (Phi) is 9.81. The molecule has 0 aliphatic carbocycles. The molecule has 0 bridgehead atoms. The standard InChI is InChI=1S/C23H30O7/c1-7-28-22(26)19(15(5)24)21(20(16(6)25)23(27)29-8-2)17-11-9-10-12-18(17)30-13-14(3)4/h9-12,19,21,25H,3,7-8,13H2,1-2,4-6H3/b20-16+. The Morgan fingerprint density at radius 1 is 1.03 bits per heavy atom. The third-order valence-electron chi connectivity index (χ3n) is 4.24. The number of ketones is 1. The van der Waals surface area contributed by atoms with Crippen molar-refractivity contribution >= 4 is 17.7 Å². The number of ether oxygens (including phenoxy) is 3. The molecule has 1 aromatic carbocycles. The Balaban J connectivity index is 3.76. The fourth-order valence-electron chi connectivity index (χ4n) is 3.05. The van der Waals surface area contributed by atoms with Crippen LogP contribution < -0.4 is 4.74 Å². The summed E-state index contributed by atoms with van der Waals surface area (Å²) in [7, 11) is 0. The van der Waals surface area contributed by atoms with Crippen molar-refractivity contribution in [2.24, 2.45) is 5.92 Å². The molecular weight excluding hydrogens is 388 g/mol. The summed E-state index contributed by atoms with van der Waals surface area (Å²) in [6.45, 7) is 11.7. The number of carbonyl (C=O) groups excluding carboxylic acids is 3. The molecule has 0 saturated heterocycles. The molecule has 1 rings (SSSR count). The van der Waals surface area contributed by atoms with E-state index < -0.39 is 29.6 Å². The van der Waals surface area contributed by atoms with Crippen LogP contribution in [-0.4, -0.2) is 42.6 Å². The van der Waals surface area contributed by atoms with Gasteiger partial charge >= 0.3 is 11.9 Å². The van der Waals surface area contributed by atoms with E-state index in [-0.39, 0.29) is 31.2 Å². The van der Waals surface area contributed by atoms with Crippen LogP contribution in [0, 0.1) is 5.92 Å². The molecule has 0 aliphatic rings. The van der Waals surface area contributed by atoms with Crippen LogP contribution in [0.25, 0.3) is 0 Å². The minimum atomic E-state index is -1.37. The summed E-state index contributed by atoms with van der Waals surface area (Å²) in [6, 6.07) is 6.70. The number of esters is 2. The minimum Gasteiger partial charge on any atom is -0.512 e. The van der Waals surface area contributed by atoms with Crippen LogP contribution in [-0.2, 0) is 23.9 Å². The summed E-state index contributed by atoms with van der Waals surface area (Å²) < 4.78 is 16.0. The lowest BCUT2D eigenvalue weighted by atomic mass is 9.77. The molecule has 0 amide bonds. The second kappa shape index (κ2) is 11.8. The van der Waals surface area contributed by atoms with E-state index >= 15 is 0 Å². The predicted octanol–water partition coefficient (Wildman–Crippen LogP) is 3.89. The Bertz CT molecular complexity index is 819. The van der Waals surface area contributed by atoms with Crippen molar-refractivity contribution in [1.82, 2.24) is 0 Å². The number of rotatable bonds is 11. The smallest absolute Gasteiger partial charge is 0.338 e. The summed E-state index contributed by atoms with van der Waals surface area (Å²) >= 11 is 0. The second-order valence-electron chi connectivity index (χ2n) is 6.82. The number of allylic oxidation sites excluding steroid dienone is 1. The summed E-state index contributed by atoms with van der Waals surface area (Å²) in [6.07, 6.45) is 0. The Morgan fingerprint density at radius 2 is 1.63 bits per heavy atom. The van der Waals surface area contributed by atoms with Crippen LogP contribution >= 0.6 is 0 Å². The first kappa shape index (κ1) is 24.9. The van der Waals surface area contributed by atoms with E-state index in [0.29, 0.717) is 11.3 Å². The van der Waals surface area contributed by atoms with Gasteiger partial charge in [0.25, 0.3) is 0 Å². The summed E-state index contributed by atoms with van der Waals surface area (Å²) in [4.78, 5) is 38.0. The molecule has 0 aromatic heterocycles. The lowest BCUT2D eigenvalue weighted by Gasteiger charge is -2.27. The molecule has 30 heavy (non-hydrogen) atoms. The molecule has 0 aliphatic heterocycles. The first-order valence-corrected chi connectivity index (χ1v) is 9.75. The predicted molar refractivity (Wildman–Crippen MR) is 112 cm³/mol. The molecule has 7 nitrogen and oxygen atoms in total. The number of aliphatic hydroxyl groups is 1. The zero-order chi connectivity index (χ0) is 22.8. The van der Waals surface area contributed by atoms with Crippen molar-refractivity contribution < 1.29 is 33.7 Å². The molecule has 1 N–H and O–H groups in total. The molecule has 7 heteroatoms. The van der Waals surface area contributed by atoms with Crippen LogP contribution in [0.15, 0.2) is 47.7 Å². The average Bonchev–Trinajstić information content (AvgIpc) is 2.66. The molecular formula is C23H30O7. The third kappa shape index (κ3) is 6.47. The van der Waals surface area contributed by atoms with Gasteiger partial charge in [-0.3, -0.25) is 9.59 Å². The molecule has 0 heterocycles. The van der Waals surface area contributed by atoms with Crippen LogP contribution in [0.5, 0.6) is 5.75 Å². The van der Waals surface area contributed by atoms with Gasteiger partial charge in [-0.05, 0) is 46.3 Å². The van der Waals surface area contributed by atoms with Gasteiger partial charge in [-0.15, -0.1) is 0 Å². The molecule has 2 atom stereocenters. The van der Waals surface area contributed by atoms with Gasteiger partial charge in [0.2, 0.25) is 0 Å². The van der Waals surface area contributed by atoms with E-state index in [1.807, 2.05) is 0 Å². The third-order valence-corrected chi connectivity index (χ3v) is 4.24. The van der Waals surface area contributed by atoms with Gasteiger partial charge < -0.3 is 19.3 Å². The molecule has 1 aromatic rings. The normalized spacial score (nSPS) is 13.5. The van der Waals surface area contributed by atoms with Crippen LogP contribution in [0.3, 0.4) is 0 Å².